The van der Waals surface area contributed by atoms with Gasteiger partial charge in [0.2, 0.25) is 5.91 Å². The largest absolute Gasteiger partial charge is 0.341 e. The second kappa shape index (κ2) is 7.42. The fourth-order valence-corrected chi connectivity index (χ4v) is 2.89. The van der Waals surface area contributed by atoms with E-state index >= 15 is 0 Å². The van der Waals surface area contributed by atoms with Crippen LogP contribution in [0.25, 0.3) is 0 Å². The van der Waals surface area contributed by atoms with Gasteiger partial charge >= 0.3 is 0 Å². The summed E-state index contributed by atoms with van der Waals surface area (Å²) in [7, 11) is 0. The third-order valence-corrected chi connectivity index (χ3v) is 4.41. The molecule has 1 aliphatic heterocycles. The zero-order valence-corrected chi connectivity index (χ0v) is 14.4. The lowest BCUT2D eigenvalue weighted by molar-refractivity contribution is -0.130. The van der Waals surface area contributed by atoms with Crippen molar-refractivity contribution >= 4 is 11.8 Å². The zero-order chi connectivity index (χ0) is 17.8. The molecule has 3 rings (SSSR count). The van der Waals surface area contributed by atoms with Gasteiger partial charge in [-0.2, -0.15) is 0 Å². The summed E-state index contributed by atoms with van der Waals surface area (Å²) < 4.78 is 4.64. The number of amides is 2. The molecule has 1 aliphatic rings. The van der Waals surface area contributed by atoms with Gasteiger partial charge in [-0.05, 0) is 31.9 Å². The van der Waals surface area contributed by atoms with Gasteiger partial charge in [-0.25, -0.2) is 4.63 Å². The smallest absolute Gasteiger partial charge is 0.272 e. The Balaban J connectivity index is 1.62. The third-order valence-electron chi connectivity index (χ3n) is 4.41. The summed E-state index contributed by atoms with van der Waals surface area (Å²) in [6, 6.07) is 3.69. The van der Waals surface area contributed by atoms with E-state index in [1.165, 1.54) is 0 Å². The summed E-state index contributed by atoms with van der Waals surface area (Å²) in [4.78, 5) is 32.9. The van der Waals surface area contributed by atoms with Crippen LogP contribution in [0.4, 0.5) is 0 Å². The Labute approximate surface area is 145 Å². The van der Waals surface area contributed by atoms with Crippen molar-refractivity contribution < 1.29 is 14.2 Å². The highest BCUT2D eigenvalue weighted by atomic mass is 16.6. The first-order valence-electron chi connectivity index (χ1n) is 8.33. The van der Waals surface area contributed by atoms with Crippen LogP contribution in [0.1, 0.15) is 33.9 Å². The van der Waals surface area contributed by atoms with Crippen LogP contribution in [-0.2, 0) is 11.2 Å². The van der Waals surface area contributed by atoms with Crippen molar-refractivity contribution in [2.75, 3.05) is 26.2 Å². The van der Waals surface area contributed by atoms with Gasteiger partial charge in [-0.3, -0.25) is 14.6 Å². The third kappa shape index (κ3) is 3.84. The van der Waals surface area contributed by atoms with E-state index in [1.807, 2.05) is 19.1 Å². The fourth-order valence-electron chi connectivity index (χ4n) is 2.89. The molecule has 8 heteroatoms. The Morgan fingerprint density at radius 2 is 1.88 bits per heavy atom. The summed E-state index contributed by atoms with van der Waals surface area (Å²) in [5.41, 5.74) is 2.53. The number of hydrogen-bond acceptors (Lipinski definition) is 6. The van der Waals surface area contributed by atoms with E-state index in [0.717, 1.165) is 12.0 Å². The SMILES string of the molecule is Cc1cccnc1C(=O)N1CCCN(C(=O)Cc2nonc2C)CC1. The normalized spacial score (nSPS) is 15.1. The van der Waals surface area contributed by atoms with E-state index < -0.39 is 0 Å². The standard InChI is InChI=1S/C17H21N5O3/c1-12-5-3-6-18-16(12)17(24)22-8-4-7-21(9-10-22)15(23)11-14-13(2)19-25-20-14/h3,5-6H,4,7-11H2,1-2H3. The Morgan fingerprint density at radius 1 is 1.12 bits per heavy atom. The molecule has 2 amide bonds. The molecular formula is C17H21N5O3. The lowest BCUT2D eigenvalue weighted by Crippen LogP contribution is -2.38. The molecule has 0 aromatic carbocycles. The Morgan fingerprint density at radius 3 is 2.60 bits per heavy atom. The minimum absolute atomic E-state index is 0.0258. The highest BCUT2D eigenvalue weighted by molar-refractivity contribution is 5.93. The van der Waals surface area contributed by atoms with E-state index in [0.29, 0.717) is 43.3 Å². The summed E-state index contributed by atoms with van der Waals surface area (Å²) in [6.07, 6.45) is 2.53. The predicted molar refractivity (Wildman–Crippen MR) is 88.8 cm³/mol. The molecule has 25 heavy (non-hydrogen) atoms. The van der Waals surface area contributed by atoms with Gasteiger partial charge in [0.1, 0.15) is 17.1 Å². The van der Waals surface area contributed by atoms with Crippen molar-refractivity contribution in [3.63, 3.8) is 0 Å². The van der Waals surface area contributed by atoms with E-state index in [2.05, 4.69) is 19.9 Å². The molecule has 0 unspecified atom stereocenters. The minimum Gasteiger partial charge on any atom is -0.341 e. The molecule has 0 bridgehead atoms. The average Bonchev–Trinajstić information content (AvgIpc) is 2.86. The van der Waals surface area contributed by atoms with Crippen LogP contribution in [0.15, 0.2) is 23.0 Å². The van der Waals surface area contributed by atoms with Crippen molar-refractivity contribution in [2.24, 2.45) is 0 Å². The summed E-state index contributed by atoms with van der Waals surface area (Å²) in [6.45, 7) is 5.87. The van der Waals surface area contributed by atoms with Crippen LogP contribution in [-0.4, -0.2) is 63.1 Å². The molecule has 3 heterocycles. The first kappa shape index (κ1) is 17.1. The first-order valence-corrected chi connectivity index (χ1v) is 8.33. The molecule has 0 aliphatic carbocycles. The molecule has 1 saturated heterocycles. The summed E-state index contributed by atoms with van der Waals surface area (Å²) in [5.74, 6) is -0.105. The molecule has 2 aromatic rings. The number of hydrogen-bond donors (Lipinski definition) is 0. The quantitative estimate of drug-likeness (QED) is 0.825. The maximum Gasteiger partial charge on any atom is 0.272 e. The van der Waals surface area contributed by atoms with E-state index in [-0.39, 0.29) is 18.2 Å². The van der Waals surface area contributed by atoms with Gasteiger partial charge in [-0.15, -0.1) is 0 Å². The Hall–Kier alpha value is -2.77. The minimum atomic E-state index is -0.0797. The van der Waals surface area contributed by atoms with Crippen LogP contribution in [0, 0.1) is 13.8 Å². The van der Waals surface area contributed by atoms with Crippen LogP contribution in [0.2, 0.25) is 0 Å². The van der Waals surface area contributed by atoms with E-state index in [4.69, 9.17) is 0 Å². The number of rotatable bonds is 3. The Kier molecular flexibility index (Phi) is 5.06. The molecule has 0 N–H and O–H groups in total. The van der Waals surface area contributed by atoms with Crippen molar-refractivity contribution in [2.45, 2.75) is 26.7 Å². The monoisotopic (exact) mass is 343 g/mol. The first-order chi connectivity index (χ1) is 12.1. The number of nitrogens with zero attached hydrogens (tertiary/aromatic N) is 5. The maximum absolute atomic E-state index is 12.7. The van der Waals surface area contributed by atoms with Crippen LogP contribution >= 0.6 is 0 Å². The fraction of sp³-hybridized carbons (Fsp3) is 0.471. The number of aromatic nitrogens is 3. The van der Waals surface area contributed by atoms with Gasteiger partial charge in [0.15, 0.2) is 0 Å². The van der Waals surface area contributed by atoms with Crippen molar-refractivity contribution in [3.05, 3.63) is 41.0 Å². The summed E-state index contributed by atoms with van der Waals surface area (Å²) >= 11 is 0. The highest BCUT2D eigenvalue weighted by Gasteiger charge is 2.25. The molecule has 2 aromatic heterocycles. The second-order valence-electron chi connectivity index (χ2n) is 6.17. The van der Waals surface area contributed by atoms with Gasteiger partial charge in [-0.1, -0.05) is 16.4 Å². The van der Waals surface area contributed by atoms with Gasteiger partial charge < -0.3 is 9.80 Å². The lowest BCUT2D eigenvalue weighted by atomic mass is 10.2. The van der Waals surface area contributed by atoms with Gasteiger partial charge in [0.05, 0.1) is 6.42 Å². The number of carbonyl (C=O) groups is 2. The van der Waals surface area contributed by atoms with Crippen LogP contribution < -0.4 is 0 Å². The zero-order valence-electron chi connectivity index (χ0n) is 14.4. The molecule has 8 nitrogen and oxygen atoms in total. The topological polar surface area (TPSA) is 92.4 Å². The molecule has 1 fully saturated rings. The number of carbonyl (C=O) groups excluding carboxylic acids is 2. The van der Waals surface area contributed by atoms with Gasteiger partial charge in [0.25, 0.3) is 5.91 Å². The van der Waals surface area contributed by atoms with Crippen molar-refractivity contribution in [1.82, 2.24) is 25.1 Å². The summed E-state index contributed by atoms with van der Waals surface area (Å²) in [5, 5.41) is 7.45. The average molecular weight is 343 g/mol. The highest BCUT2D eigenvalue weighted by Crippen LogP contribution is 2.12. The molecule has 0 spiro atoms. The van der Waals surface area contributed by atoms with E-state index in [9.17, 15) is 9.59 Å². The van der Waals surface area contributed by atoms with Crippen molar-refractivity contribution in [1.29, 1.82) is 0 Å². The van der Waals surface area contributed by atoms with Gasteiger partial charge in [0, 0.05) is 32.4 Å². The number of pyridine rings is 1. The van der Waals surface area contributed by atoms with Crippen LogP contribution in [0.3, 0.4) is 0 Å². The lowest BCUT2D eigenvalue weighted by Gasteiger charge is -2.22. The van der Waals surface area contributed by atoms with Crippen LogP contribution in [0.5, 0.6) is 0 Å². The predicted octanol–water partition coefficient (Wildman–Crippen LogP) is 0.999. The molecule has 0 saturated carbocycles. The number of aryl methyl sites for hydroxylation is 2. The Bertz CT molecular complexity index is 773. The molecule has 0 radical (unpaired) electrons. The van der Waals surface area contributed by atoms with Crippen molar-refractivity contribution in [3.8, 4) is 0 Å². The maximum atomic E-state index is 12.7. The molecule has 0 atom stereocenters. The molecular weight excluding hydrogens is 322 g/mol. The molecule has 132 valence electrons. The van der Waals surface area contributed by atoms with E-state index in [1.54, 1.807) is 22.9 Å². The second-order valence-corrected chi connectivity index (χ2v) is 6.17.